The van der Waals surface area contributed by atoms with E-state index in [1.807, 2.05) is 6.07 Å². The molecule has 2 aromatic heterocycles. The van der Waals surface area contributed by atoms with Crippen molar-refractivity contribution >= 4 is 22.4 Å². The maximum absolute atomic E-state index is 13.2. The molecule has 3 aromatic rings. The SMILES string of the molecule is COc1ccc(C(=O)Nc2ncc(Cc3cccc(F)c3)s2)nn1. The van der Waals surface area contributed by atoms with Crippen molar-refractivity contribution in [3.05, 3.63) is 64.5 Å². The summed E-state index contributed by atoms with van der Waals surface area (Å²) in [5, 5.41) is 10.6. The van der Waals surface area contributed by atoms with Gasteiger partial charge < -0.3 is 4.74 Å². The van der Waals surface area contributed by atoms with E-state index in [0.29, 0.717) is 17.4 Å². The van der Waals surface area contributed by atoms with Crippen molar-refractivity contribution < 1.29 is 13.9 Å². The molecule has 0 saturated heterocycles. The first-order valence-electron chi connectivity index (χ1n) is 7.02. The van der Waals surface area contributed by atoms with Crippen LogP contribution in [0.15, 0.2) is 42.6 Å². The van der Waals surface area contributed by atoms with Crippen molar-refractivity contribution in [1.29, 1.82) is 0 Å². The zero-order chi connectivity index (χ0) is 16.9. The van der Waals surface area contributed by atoms with Gasteiger partial charge in [0.05, 0.1) is 7.11 Å². The number of halogens is 1. The quantitative estimate of drug-likeness (QED) is 0.770. The van der Waals surface area contributed by atoms with Crippen LogP contribution in [-0.2, 0) is 6.42 Å². The van der Waals surface area contributed by atoms with E-state index in [4.69, 9.17) is 4.74 Å². The molecule has 0 spiro atoms. The molecule has 0 aliphatic heterocycles. The third kappa shape index (κ3) is 3.90. The van der Waals surface area contributed by atoms with E-state index in [9.17, 15) is 9.18 Å². The number of hydrogen-bond acceptors (Lipinski definition) is 6. The summed E-state index contributed by atoms with van der Waals surface area (Å²) in [6, 6.07) is 9.45. The molecule has 1 N–H and O–H groups in total. The molecular weight excluding hydrogens is 331 g/mol. The van der Waals surface area contributed by atoms with Gasteiger partial charge in [-0.15, -0.1) is 21.5 Å². The van der Waals surface area contributed by atoms with E-state index in [0.717, 1.165) is 10.4 Å². The highest BCUT2D eigenvalue weighted by atomic mass is 32.1. The predicted molar refractivity (Wildman–Crippen MR) is 87.9 cm³/mol. The zero-order valence-electron chi connectivity index (χ0n) is 12.7. The number of benzene rings is 1. The Kier molecular flexibility index (Phi) is 4.76. The third-order valence-corrected chi connectivity index (χ3v) is 4.04. The van der Waals surface area contributed by atoms with Crippen LogP contribution in [0.25, 0.3) is 0 Å². The zero-order valence-corrected chi connectivity index (χ0v) is 13.5. The number of aromatic nitrogens is 3. The highest BCUT2D eigenvalue weighted by Gasteiger charge is 2.11. The Hall–Kier alpha value is -2.87. The Balaban J connectivity index is 1.65. The molecule has 24 heavy (non-hydrogen) atoms. The second-order valence-electron chi connectivity index (χ2n) is 4.85. The molecule has 0 aliphatic carbocycles. The maximum atomic E-state index is 13.2. The molecule has 0 atom stereocenters. The van der Waals surface area contributed by atoms with Crippen LogP contribution in [0.1, 0.15) is 20.9 Å². The van der Waals surface area contributed by atoms with Gasteiger partial charge in [0.1, 0.15) is 5.82 Å². The number of ether oxygens (including phenoxy) is 1. The Morgan fingerprint density at radius 2 is 2.17 bits per heavy atom. The summed E-state index contributed by atoms with van der Waals surface area (Å²) in [4.78, 5) is 17.2. The molecule has 0 unspecified atom stereocenters. The van der Waals surface area contributed by atoms with E-state index in [-0.39, 0.29) is 11.5 Å². The van der Waals surface area contributed by atoms with Crippen molar-refractivity contribution in [3.8, 4) is 5.88 Å². The normalized spacial score (nSPS) is 10.4. The highest BCUT2D eigenvalue weighted by molar-refractivity contribution is 7.15. The molecule has 0 aliphatic rings. The van der Waals surface area contributed by atoms with Gasteiger partial charge in [0.15, 0.2) is 10.8 Å². The summed E-state index contributed by atoms with van der Waals surface area (Å²) in [5.41, 5.74) is 1.01. The van der Waals surface area contributed by atoms with Crippen LogP contribution in [0.2, 0.25) is 0 Å². The van der Waals surface area contributed by atoms with Crippen molar-refractivity contribution in [3.63, 3.8) is 0 Å². The number of carbonyl (C=O) groups excluding carboxylic acids is 1. The number of rotatable bonds is 5. The van der Waals surface area contributed by atoms with Crippen LogP contribution >= 0.6 is 11.3 Å². The fourth-order valence-electron chi connectivity index (χ4n) is 2.01. The molecule has 8 heteroatoms. The van der Waals surface area contributed by atoms with Crippen LogP contribution < -0.4 is 10.1 Å². The lowest BCUT2D eigenvalue weighted by Gasteiger charge is -2.01. The monoisotopic (exact) mass is 344 g/mol. The summed E-state index contributed by atoms with van der Waals surface area (Å²) >= 11 is 1.33. The number of carbonyl (C=O) groups is 1. The lowest BCUT2D eigenvalue weighted by Crippen LogP contribution is -2.14. The van der Waals surface area contributed by atoms with E-state index in [1.54, 1.807) is 18.3 Å². The van der Waals surface area contributed by atoms with Gasteiger partial charge in [-0.3, -0.25) is 10.1 Å². The molecule has 1 aromatic carbocycles. The van der Waals surface area contributed by atoms with Gasteiger partial charge in [-0.05, 0) is 23.8 Å². The minimum Gasteiger partial charge on any atom is -0.480 e. The molecule has 3 rings (SSSR count). The fraction of sp³-hybridized carbons (Fsp3) is 0.125. The minimum atomic E-state index is -0.406. The Morgan fingerprint density at radius 1 is 1.29 bits per heavy atom. The molecule has 122 valence electrons. The fourth-order valence-corrected chi connectivity index (χ4v) is 2.85. The number of amides is 1. The summed E-state index contributed by atoms with van der Waals surface area (Å²) in [6.07, 6.45) is 2.21. The minimum absolute atomic E-state index is 0.165. The Labute approximate surface area is 141 Å². The molecule has 1 amide bonds. The summed E-state index contributed by atoms with van der Waals surface area (Å²) in [6.45, 7) is 0. The lowest BCUT2D eigenvalue weighted by atomic mass is 10.1. The second-order valence-corrected chi connectivity index (χ2v) is 5.97. The first-order valence-corrected chi connectivity index (χ1v) is 7.84. The van der Waals surface area contributed by atoms with Gasteiger partial charge in [0.25, 0.3) is 5.91 Å². The second kappa shape index (κ2) is 7.14. The molecule has 6 nitrogen and oxygen atoms in total. The maximum Gasteiger partial charge on any atom is 0.277 e. The first-order chi connectivity index (χ1) is 11.6. The van der Waals surface area contributed by atoms with E-state index in [2.05, 4.69) is 20.5 Å². The van der Waals surface area contributed by atoms with Crippen LogP contribution in [0.3, 0.4) is 0 Å². The number of nitrogens with zero attached hydrogens (tertiary/aromatic N) is 3. The number of thiazole rings is 1. The number of nitrogens with one attached hydrogen (secondary N) is 1. The van der Waals surface area contributed by atoms with Crippen molar-refractivity contribution in [2.75, 3.05) is 12.4 Å². The van der Waals surface area contributed by atoms with Gasteiger partial charge in [0, 0.05) is 23.6 Å². The molecular formula is C16H13FN4O2S. The Morgan fingerprint density at radius 3 is 2.88 bits per heavy atom. The van der Waals surface area contributed by atoms with Gasteiger partial charge in [-0.1, -0.05) is 12.1 Å². The highest BCUT2D eigenvalue weighted by Crippen LogP contribution is 2.22. The molecule has 0 fully saturated rings. The topological polar surface area (TPSA) is 77.0 Å². The summed E-state index contributed by atoms with van der Waals surface area (Å²) in [7, 11) is 1.47. The van der Waals surface area contributed by atoms with Crippen molar-refractivity contribution in [1.82, 2.24) is 15.2 Å². The molecule has 0 saturated carbocycles. The number of methoxy groups -OCH3 is 1. The predicted octanol–water partition coefficient (Wildman–Crippen LogP) is 2.92. The van der Waals surface area contributed by atoms with Crippen LogP contribution in [-0.4, -0.2) is 28.2 Å². The van der Waals surface area contributed by atoms with E-state index < -0.39 is 5.91 Å². The van der Waals surface area contributed by atoms with Gasteiger partial charge in [-0.2, -0.15) is 0 Å². The smallest absolute Gasteiger partial charge is 0.277 e. The number of anilines is 1. The lowest BCUT2D eigenvalue weighted by molar-refractivity contribution is 0.102. The van der Waals surface area contributed by atoms with Crippen LogP contribution in [0.5, 0.6) is 5.88 Å². The Bertz CT molecular complexity index is 851. The van der Waals surface area contributed by atoms with Gasteiger partial charge in [0.2, 0.25) is 5.88 Å². The molecule has 2 heterocycles. The van der Waals surface area contributed by atoms with Crippen LogP contribution in [0.4, 0.5) is 9.52 Å². The van der Waals surface area contributed by atoms with Gasteiger partial charge in [-0.25, -0.2) is 9.37 Å². The van der Waals surface area contributed by atoms with Crippen LogP contribution in [0, 0.1) is 5.82 Å². The summed E-state index contributed by atoms with van der Waals surface area (Å²) in [5.74, 6) is -0.349. The number of hydrogen-bond donors (Lipinski definition) is 1. The average Bonchev–Trinajstić information content (AvgIpc) is 3.02. The van der Waals surface area contributed by atoms with Crippen molar-refractivity contribution in [2.45, 2.75) is 6.42 Å². The molecule has 0 radical (unpaired) electrons. The van der Waals surface area contributed by atoms with Crippen molar-refractivity contribution in [2.24, 2.45) is 0 Å². The van der Waals surface area contributed by atoms with E-state index in [1.165, 1.54) is 36.6 Å². The largest absolute Gasteiger partial charge is 0.480 e. The molecule has 0 bridgehead atoms. The average molecular weight is 344 g/mol. The first kappa shape index (κ1) is 16.0. The standard InChI is InChI=1S/C16H13FN4O2S/c1-23-14-6-5-13(20-21-14)15(22)19-16-18-9-12(24-16)8-10-3-2-4-11(17)7-10/h2-7,9H,8H2,1H3,(H,18,19,22). The summed E-state index contributed by atoms with van der Waals surface area (Å²) < 4.78 is 18.1. The van der Waals surface area contributed by atoms with Gasteiger partial charge >= 0.3 is 0 Å². The third-order valence-electron chi connectivity index (χ3n) is 3.12. The van der Waals surface area contributed by atoms with E-state index >= 15 is 0 Å².